The molecule has 46 heavy (non-hydrogen) atoms. The van der Waals surface area contributed by atoms with Crippen molar-refractivity contribution in [2.24, 2.45) is 0 Å². The van der Waals surface area contributed by atoms with Crippen LogP contribution in [-0.4, -0.2) is 56.2 Å². The Morgan fingerprint density at radius 1 is 0.630 bits per heavy atom. The van der Waals surface area contributed by atoms with Crippen molar-refractivity contribution in [3.05, 3.63) is 70.9 Å². The lowest BCUT2D eigenvalue weighted by atomic mass is 10.0. The second kappa shape index (κ2) is 12.8. The minimum Gasteiger partial charge on any atom is -0.444 e. The second-order valence-electron chi connectivity index (χ2n) is 13.9. The Labute approximate surface area is 279 Å². The molecule has 10 heteroatoms. The maximum Gasteiger partial charge on any atom is 0.410 e. The highest BCUT2D eigenvalue weighted by atomic mass is 32.1. The topological polar surface area (TPSA) is 84.9 Å². The summed E-state index contributed by atoms with van der Waals surface area (Å²) in [6, 6.07) is 17.0. The fourth-order valence-corrected chi connectivity index (χ4v) is 8.07. The molecular formula is C36H42N4O4S2. The summed E-state index contributed by atoms with van der Waals surface area (Å²) in [5, 5.41) is 1.91. The van der Waals surface area contributed by atoms with Crippen LogP contribution < -0.4 is 0 Å². The Bertz CT molecular complexity index is 1560. The van der Waals surface area contributed by atoms with E-state index in [1.165, 1.54) is 0 Å². The zero-order chi connectivity index (χ0) is 32.6. The first-order valence-electron chi connectivity index (χ1n) is 16.0. The normalized spacial score (nSPS) is 18.7. The number of benzene rings is 2. The van der Waals surface area contributed by atoms with Crippen LogP contribution in [-0.2, 0) is 9.47 Å². The molecule has 2 atom stereocenters. The van der Waals surface area contributed by atoms with Crippen LogP contribution in [0, 0.1) is 0 Å². The summed E-state index contributed by atoms with van der Waals surface area (Å²) >= 11 is 3.29. The first-order valence-corrected chi connectivity index (χ1v) is 17.6. The molecule has 2 aromatic heterocycles. The Morgan fingerprint density at radius 2 is 0.978 bits per heavy atom. The lowest BCUT2D eigenvalue weighted by molar-refractivity contribution is 0.0213. The zero-order valence-electron chi connectivity index (χ0n) is 27.4. The van der Waals surface area contributed by atoms with Gasteiger partial charge < -0.3 is 9.47 Å². The van der Waals surface area contributed by atoms with Gasteiger partial charge in [0.25, 0.3) is 0 Å². The van der Waals surface area contributed by atoms with Crippen molar-refractivity contribution in [1.29, 1.82) is 0 Å². The highest BCUT2D eigenvalue weighted by Gasteiger charge is 2.36. The molecule has 0 radical (unpaired) electrons. The van der Waals surface area contributed by atoms with Gasteiger partial charge >= 0.3 is 12.2 Å². The molecule has 8 nitrogen and oxygen atoms in total. The van der Waals surface area contributed by atoms with Gasteiger partial charge in [-0.05, 0) is 89.5 Å². The number of hydrogen-bond acceptors (Lipinski definition) is 8. The summed E-state index contributed by atoms with van der Waals surface area (Å²) in [5.74, 6) is 0. The van der Waals surface area contributed by atoms with Gasteiger partial charge in [0.2, 0.25) is 0 Å². The number of amides is 2. The fraction of sp³-hybridized carbons (Fsp3) is 0.444. The third-order valence-electron chi connectivity index (χ3n) is 8.05. The molecule has 2 aliphatic rings. The standard InChI is InChI=1S/C36H42N4O4S2/c1-35(2,3)43-33(41)39-19-7-9-27(39)31-37-21-29(45-31)25-15-11-23(12-16-25)24-13-17-26(18-14-24)30-22-38-32(46-30)28-10-8-20-40(28)34(42)44-36(4,5)6/h11-18,21-22,27-28H,7-10,19-20H2,1-6H3. The maximum atomic E-state index is 12.8. The van der Waals surface area contributed by atoms with Gasteiger partial charge in [-0.2, -0.15) is 0 Å². The average molecular weight is 659 g/mol. The number of rotatable bonds is 5. The molecule has 2 aromatic carbocycles. The van der Waals surface area contributed by atoms with Gasteiger partial charge in [0.05, 0.1) is 21.8 Å². The summed E-state index contributed by atoms with van der Waals surface area (Å²) in [5.41, 5.74) is 3.44. The predicted molar refractivity (Wildman–Crippen MR) is 184 cm³/mol. The lowest BCUT2D eigenvalue weighted by Gasteiger charge is -2.27. The molecule has 0 spiro atoms. The monoisotopic (exact) mass is 658 g/mol. The predicted octanol–water partition coefficient (Wildman–Crippen LogP) is 9.74. The Hall–Kier alpha value is -3.76. The van der Waals surface area contributed by atoms with E-state index in [0.29, 0.717) is 13.1 Å². The van der Waals surface area contributed by atoms with Crippen LogP contribution in [0.4, 0.5) is 9.59 Å². The Balaban J connectivity index is 1.11. The van der Waals surface area contributed by atoms with Crippen molar-refractivity contribution in [2.45, 2.75) is 90.5 Å². The summed E-state index contributed by atoms with van der Waals surface area (Å²) in [6.07, 6.45) is 6.99. The van der Waals surface area contributed by atoms with E-state index in [1.807, 2.05) is 63.7 Å². The molecule has 2 aliphatic heterocycles. The molecule has 2 fully saturated rings. The minimum atomic E-state index is -0.521. The van der Waals surface area contributed by atoms with Gasteiger partial charge in [0.1, 0.15) is 21.2 Å². The highest BCUT2D eigenvalue weighted by molar-refractivity contribution is 7.15. The molecule has 4 aromatic rings. The van der Waals surface area contributed by atoms with Gasteiger partial charge in [-0.25, -0.2) is 19.6 Å². The van der Waals surface area contributed by atoms with Crippen LogP contribution in [0.5, 0.6) is 0 Å². The van der Waals surface area contributed by atoms with Crippen molar-refractivity contribution in [3.63, 3.8) is 0 Å². The lowest BCUT2D eigenvalue weighted by Crippen LogP contribution is -2.36. The average Bonchev–Trinajstić information content (AvgIpc) is 3.82. The molecule has 4 heterocycles. The molecule has 0 saturated carbocycles. The van der Waals surface area contributed by atoms with Gasteiger partial charge in [0, 0.05) is 25.5 Å². The van der Waals surface area contributed by atoms with Crippen LogP contribution in [0.2, 0.25) is 0 Å². The van der Waals surface area contributed by atoms with Crippen LogP contribution in [0.1, 0.15) is 89.3 Å². The van der Waals surface area contributed by atoms with E-state index in [-0.39, 0.29) is 24.3 Å². The summed E-state index contributed by atoms with van der Waals surface area (Å²) in [6.45, 7) is 12.8. The van der Waals surface area contributed by atoms with E-state index < -0.39 is 11.2 Å². The number of carbonyl (C=O) groups excluding carboxylic acids is 2. The van der Waals surface area contributed by atoms with E-state index in [0.717, 1.165) is 67.7 Å². The van der Waals surface area contributed by atoms with E-state index in [1.54, 1.807) is 22.7 Å². The highest BCUT2D eigenvalue weighted by Crippen LogP contribution is 2.40. The van der Waals surface area contributed by atoms with Crippen molar-refractivity contribution < 1.29 is 19.1 Å². The second-order valence-corrected chi connectivity index (χ2v) is 16.1. The third-order valence-corrected chi connectivity index (χ3v) is 10.3. The number of aromatic nitrogens is 2. The van der Waals surface area contributed by atoms with Gasteiger partial charge in [-0.15, -0.1) is 22.7 Å². The smallest absolute Gasteiger partial charge is 0.410 e. The number of hydrogen-bond donors (Lipinski definition) is 0. The van der Waals surface area contributed by atoms with Gasteiger partial charge in [0.15, 0.2) is 0 Å². The molecule has 2 unspecified atom stereocenters. The Morgan fingerprint density at radius 3 is 1.33 bits per heavy atom. The molecule has 2 saturated heterocycles. The molecular weight excluding hydrogens is 617 g/mol. The number of nitrogens with zero attached hydrogens (tertiary/aromatic N) is 4. The van der Waals surface area contributed by atoms with E-state index in [2.05, 4.69) is 48.5 Å². The fourth-order valence-electron chi connectivity index (χ4n) is 5.93. The maximum absolute atomic E-state index is 12.8. The van der Waals surface area contributed by atoms with Gasteiger partial charge in [-0.1, -0.05) is 48.5 Å². The van der Waals surface area contributed by atoms with E-state index >= 15 is 0 Å². The van der Waals surface area contributed by atoms with Crippen molar-refractivity contribution in [1.82, 2.24) is 19.8 Å². The molecule has 6 rings (SSSR count). The van der Waals surface area contributed by atoms with Crippen LogP contribution in [0.15, 0.2) is 60.9 Å². The zero-order valence-corrected chi connectivity index (χ0v) is 29.0. The SMILES string of the molecule is CC(C)(C)OC(=O)N1CCCC1c1ncc(-c2ccc(-c3ccc(-c4cnc(C5CCCN5C(=O)OC(C)(C)C)s4)cc3)cc2)s1. The summed E-state index contributed by atoms with van der Waals surface area (Å²) < 4.78 is 11.3. The number of carbonyl (C=O) groups is 2. The summed E-state index contributed by atoms with van der Waals surface area (Å²) in [7, 11) is 0. The third kappa shape index (κ3) is 7.28. The van der Waals surface area contributed by atoms with Crippen LogP contribution in [0.25, 0.3) is 32.0 Å². The quantitative estimate of drug-likeness (QED) is 0.212. The molecule has 0 aliphatic carbocycles. The van der Waals surface area contributed by atoms with Crippen molar-refractivity contribution in [3.8, 4) is 32.0 Å². The molecule has 242 valence electrons. The minimum absolute atomic E-state index is 0.0388. The number of thiazole rings is 2. The molecule has 2 amide bonds. The van der Waals surface area contributed by atoms with E-state index in [9.17, 15) is 9.59 Å². The van der Waals surface area contributed by atoms with Crippen molar-refractivity contribution in [2.75, 3.05) is 13.1 Å². The van der Waals surface area contributed by atoms with Gasteiger partial charge in [-0.3, -0.25) is 9.80 Å². The first-order chi connectivity index (χ1) is 21.8. The van der Waals surface area contributed by atoms with Crippen molar-refractivity contribution >= 4 is 34.9 Å². The number of ether oxygens (including phenoxy) is 2. The summed E-state index contributed by atoms with van der Waals surface area (Å²) in [4.78, 5) is 40.8. The number of likely N-dealkylation sites (tertiary alicyclic amines) is 2. The molecule has 0 bridgehead atoms. The first kappa shape index (κ1) is 32.2. The van der Waals surface area contributed by atoms with Crippen LogP contribution in [0.3, 0.4) is 0 Å². The largest absolute Gasteiger partial charge is 0.444 e. The van der Waals surface area contributed by atoms with E-state index in [4.69, 9.17) is 19.4 Å². The van der Waals surface area contributed by atoms with Crippen LogP contribution >= 0.6 is 22.7 Å². The Kier molecular flexibility index (Phi) is 8.95. The molecule has 0 N–H and O–H groups in total.